The van der Waals surface area contributed by atoms with Crippen LogP contribution in [0.3, 0.4) is 0 Å². The summed E-state index contributed by atoms with van der Waals surface area (Å²) in [6.07, 6.45) is 2.61. The third-order valence-corrected chi connectivity index (χ3v) is 3.66. The Labute approximate surface area is 108 Å². The Hall–Kier alpha value is -1.54. The van der Waals surface area contributed by atoms with Gasteiger partial charge in [0.15, 0.2) is 0 Å². The molecular formula is C13H21N5. The molecule has 98 valence electrons. The number of nitrogens with zero attached hydrogens (tertiary/aromatic N) is 4. The summed E-state index contributed by atoms with van der Waals surface area (Å²) in [5, 5.41) is 16.8. The maximum absolute atomic E-state index is 9.14. The highest BCUT2D eigenvalue weighted by molar-refractivity contribution is 5.55. The molecule has 1 aromatic heterocycles. The van der Waals surface area contributed by atoms with Crippen LogP contribution in [0.15, 0.2) is 0 Å². The van der Waals surface area contributed by atoms with Crippen molar-refractivity contribution in [3.8, 4) is 6.07 Å². The van der Waals surface area contributed by atoms with E-state index in [2.05, 4.69) is 28.3 Å². The minimum absolute atomic E-state index is 0.495. The van der Waals surface area contributed by atoms with Crippen LogP contribution in [0.4, 0.5) is 5.82 Å². The first-order chi connectivity index (χ1) is 8.63. The highest BCUT2D eigenvalue weighted by Crippen LogP contribution is 2.18. The molecule has 1 aromatic rings. The van der Waals surface area contributed by atoms with Crippen molar-refractivity contribution >= 4 is 5.82 Å². The molecule has 0 radical (unpaired) electrons. The van der Waals surface area contributed by atoms with E-state index >= 15 is 0 Å². The number of hydrogen-bond acceptors (Lipinski definition) is 4. The Morgan fingerprint density at radius 2 is 2.11 bits per heavy atom. The monoisotopic (exact) mass is 247 g/mol. The standard InChI is InChI=1S/C13H21N5/c1-10(18-6-4-5-7-18)9-15-13-12(8-14)11(2)16-17(13)3/h10,15H,4-7,9H2,1-3H3. The van der Waals surface area contributed by atoms with Crippen LogP contribution in [-0.2, 0) is 7.05 Å². The van der Waals surface area contributed by atoms with Crippen LogP contribution in [0.2, 0.25) is 0 Å². The summed E-state index contributed by atoms with van der Waals surface area (Å²) in [7, 11) is 1.87. The Bertz CT molecular complexity index is 451. The van der Waals surface area contributed by atoms with E-state index in [0.29, 0.717) is 11.6 Å². The van der Waals surface area contributed by atoms with Crippen LogP contribution >= 0.6 is 0 Å². The largest absolute Gasteiger partial charge is 0.368 e. The van der Waals surface area contributed by atoms with Gasteiger partial charge < -0.3 is 5.32 Å². The molecule has 0 amide bonds. The summed E-state index contributed by atoms with van der Waals surface area (Å²) in [6, 6.07) is 2.71. The maximum atomic E-state index is 9.14. The number of rotatable bonds is 4. The van der Waals surface area contributed by atoms with Gasteiger partial charge in [-0.25, -0.2) is 0 Å². The fourth-order valence-corrected chi connectivity index (χ4v) is 2.55. The zero-order chi connectivity index (χ0) is 13.1. The van der Waals surface area contributed by atoms with Crippen LogP contribution < -0.4 is 5.32 Å². The van der Waals surface area contributed by atoms with Crippen molar-refractivity contribution in [3.63, 3.8) is 0 Å². The fraction of sp³-hybridized carbons (Fsp3) is 0.692. The van der Waals surface area contributed by atoms with Gasteiger partial charge in [-0.1, -0.05) is 0 Å². The number of aryl methyl sites for hydroxylation is 2. The number of likely N-dealkylation sites (tertiary alicyclic amines) is 1. The zero-order valence-electron chi connectivity index (χ0n) is 11.4. The van der Waals surface area contributed by atoms with Crippen molar-refractivity contribution in [1.29, 1.82) is 5.26 Å². The number of nitriles is 1. The molecule has 0 aliphatic carbocycles. The lowest BCUT2D eigenvalue weighted by Crippen LogP contribution is -2.35. The number of hydrogen-bond donors (Lipinski definition) is 1. The minimum Gasteiger partial charge on any atom is -0.368 e. The van der Waals surface area contributed by atoms with Crippen LogP contribution in [0.25, 0.3) is 0 Å². The van der Waals surface area contributed by atoms with Gasteiger partial charge in [-0.3, -0.25) is 9.58 Å². The third kappa shape index (κ3) is 2.49. The smallest absolute Gasteiger partial charge is 0.142 e. The zero-order valence-corrected chi connectivity index (χ0v) is 11.4. The number of nitrogens with one attached hydrogen (secondary N) is 1. The quantitative estimate of drug-likeness (QED) is 0.876. The van der Waals surface area contributed by atoms with E-state index in [-0.39, 0.29) is 0 Å². The van der Waals surface area contributed by atoms with Crippen LogP contribution in [0, 0.1) is 18.3 Å². The molecule has 1 aliphatic rings. The molecular weight excluding hydrogens is 226 g/mol. The summed E-state index contributed by atoms with van der Waals surface area (Å²) in [5.74, 6) is 0.834. The molecule has 0 aromatic carbocycles. The summed E-state index contributed by atoms with van der Waals surface area (Å²) in [4.78, 5) is 2.49. The fourth-order valence-electron chi connectivity index (χ4n) is 2.55. The van der Waals surface area contributed by atoms with Crippen LogP contribution in [0.5, 0.6) is 0 Å². The summed E-state index contributed by atoms with van der Waals surface area (Å²) < 4.78 is 1.75. The van der Waals surface area contributed by atoms with Gasteiger partial charge >= 0.3 is 0 Å². The second-order valence-corrected chi connectivity index (χ2v) is 5.02. The van der Waals surface area contributed by atoms with Gasteiger partial charge in [0.25, 0.3) is 0 Å². The first-order valence-electron chi connectivity index (χ1n) is 6.55. The van der Waals surface area contributed by atoms with Gasteiger partial charge in [0.05, 0.1) is 5.69 Å². The molecule has 2 rings (SSSR count). The highest BCUT2D eigenvalue weighted by atomic mass is 15.3. The van der Waals surface area contributed by atoms with Gasteiger partial charge in [-0.15, -0.1) is 0 Å². The van der Waals surface area contributed by atoms with Gasteiger partial charge in [0.2, 0.25) is 0 Å². The second-order valence-electron chi connectivity index (χ2n) is 5.02. The molecule has 0 bridgehead atoms. The van der Waals surface area contributed by atoms with E-state index in [1.54, 1.807) is 4.68 Å². The Kier molecular flexibility index (Phi) is 3.87. The predicted molar refractivity (Wildman–Crippen MR) is 71.4 cm³/mol. The normalized spacial score (nSPS) is 17.7. The molecule has 0 saturated carbocycles. The molecule has 1 saturated heterocycles. The number of aromatic nitrogens is 2. The average molecular weight is 247 g/mol. The van der Waals surface area contributed by atoms with Crippen molar-refractivity contribution in [2.45, 2.75) is 32.7 Å². The van der Waals surface area contributed by atoms with Gasteiger partial charge in [0, 0.05) is 19.6 Å². The Balaban J connectivity index is 1.99. The number of anilines is 1. The lowest BCUT2D eigenvalue weighted by molar-refractivity contribution is 0.269. The summed E-state index contributed by atoms with van der Waals surface area (Å²) >= 11 is 0. The van der Waals surface area contributed by atoms with Crippen molar-refractivity contribution in [3.05, 3.63) is 11.3 Å². The van der Waals surface area contributed by atoms with Crippen molar-refractivity contribution in [2.24, 2.45) is 7.05 Å². The molecule has 1 aliphatic heterocycles. The molecule has 2 heterocycles. The lowest BCUT2D eigenvalue weighted by Gasteiger charge is -2.24. The maximum Gasteiger partial charge on any atom is 0.142 e. The van der Waals surface area contributed by atoms with Crippen LogP contribution in [0.1, 0.15) is 31.0 Å². The predicted octanol–water partition coefficient (Wildman–Crippen LogP) is 1.50. The molecule has 1 atom stereocenters. The minimum atomic E-state index is 0.495. The first-order valence-corrected chi connectivity index (χ1v) is 6.55. The first kappa shape index (κ1) is 12.9. The molecule has 5 nitrogen and oxygen atoms in total. The van der Waals surface area contributed by atoms with E-state index in [9.17, 15) is 0 Å². The lowest BCUT2D eigenvalue weighted by atomic mass is 10.2. The molecule has 1 fully saturated rings. The van der Waals surface area contributed by atoms with E-state index in [1.807, 2.05) is 14.0 Å². The van der Waals surface area contributed by atoms with Crippen molar-refractivity contribution < 1.29 is 0 Å². The highest BCUT2D eigenvalue weighted by Gasteiger charge is 2.19. The topological polar surface area (TPSA) is 56.9 Å². The van der Waals surface area contributed by atoms with E-state index in [0.717, 1.165) is 18.1 Å². The Morgan fingerprint density at radius 1 is 1.44 bits per heavy atom. The van der Waals surface area contributed by atoms with E-state index in [4.69, 9.17) is 5.26 Å². The molecule has 0 spiro atoms. The molecule has 1 N–H and O–H groups in total. The molecule has 1 unspecified atom stereocenters. The van der Waals surface area contributed by atoms with Gasteiger partial charge in [0.1, 0.15) is 17.5 Å². The summed E-state index contributed by atoms with van der Waals surface area (Å²) in [6.45, 7) is 7.34. The van der Waals surface area contributed by atoms with Gasteiger partial charge in [-0.2, -0.15) is 10.4 Å². The third-order valence-electron chi connectivity index (χ3n) is 3.66. The van der Waals surface area contributed by atoms with E-state index in [1.165, 1.54) is 25.9 Å². The Morgan fingerprint density at radius 3 is 2.72 bits per heavy atom. The molecule has 18 heavy (non-hydrogen) atoms. The van der Waals surface area contributed by atoms with Crippen molar-refractivity contribution in [2.75, 3.05) is 25.0 Å². The summed E-state index contributed by atoms with van der Waals surface area (Å²) in [5.41, 5.74) is 1.45. The van der Waals surface area contributed by atoms with Gasteiger partial charge in [-0.05, 0) is 39.8 Å². The van der Waals surface area contributed by atoms with Crippen molar-refractivity contribution in [1.82, 2.24) is 14.7 Å². The second kappa shape index (κ2) is 5.40. The SMILES string of the molecule is Cc1nn(C)c(NCC(C)N2CCCC2)c1C#N. The molecule has 5 heteroatoms. The van der Waals surface area contributed by atoms with E-state index < -0.39 is 0 Å². The van der Waals surface area contributed by atoms with Crippen LogP contribution in [-0.4, -0.2) is 40.4 Å². The average Bonchev–Trinajstić information content (AvgIpc) is 2.94.